The summed E-state index contributed by atoms with van der Waals surface area (Å²) >= 11 is 0. The molecule has 0 N–H and O–H groups in total. The van der Waals surface area contributed by atoms with E-state index in [9.17, 15) is 0 Å². The van der Waals surface area contributed by atoms with Crippen molar-refractivity contribution in [3.8, 4) is 11.1 Å². The van der Waals surface area contributed by atoms with Crippen LogP contribution in [-0.4, -0.2) is 9.78 Å². The second kappa shape index (κ2) is 7.79. The van der Waals surface area contributed by atoms with Crippen LogP contribution in [0, 0.1) is 27.7 Å². The molecule has 0 fully saturated rings. The molecule has 0 aliphatic rings. The second-order valence-corrected chi connectivity index (χ2v) is 6.65. The molecule has 2 aromatic rings. The van der Waals surface area contributed by atoms with Gasteiger partial charge < -0.3 is 0 Å². The van der Waals surface area contributed by atoms with Crippen molar-refractivity contribution in [2.24, 2.45) is 0 Å². The van der Waals surface area contributed by atoms with Gasteiger partial charge in [-0.05, 0) is 82.2 Å². The van der Waals surface area contributed by atoms with Crippen LogP contribution >= 0.6 is 0 Å². The number of aryl methyl sites for hydroxylation is 3. The molecule has 0 unspecified atom stereocenters. The van der Waals surface area contributed by atoms with Gasteiger partial charge in [-0.3, -0.25) is 4.68 Å². The van der Waals surface area contributed by atoms with Gasteiger partial charge in [-0.1, -0.05) is 19.9 Å². The number of nitrogens with zero attached hydrogens (tertiary/aromatic N) is 2. The van der Waals surface area contributed by atoms with Crippen molar-refractivity contribution in [3.63, 3.8) is 0 Å². The SMILES string of the molecule is CCc1nn(C(C)C)c(CC)c1-c1c(C)c(C)cc(C)c1C.[Pt]. The summed E-state index contributed by atoms with van der Waals surface area (Å²) in [6.07, 6.45) is 2.00. The minimum Gasteiger partial charge on any atom is -0.266 e. The zero-order valence-corrected chi connectivity index (χ0v) is 18.1. The van der Waals surface area contributed by atoms with Crippen molar-refractivity contribution in [1.82, 2.24) is 9.78 Å². The Bertz CT molecular complexity index is 670. The first-order valence-corrected chi connectivity index (χ1v) is 8.51. The van der Waals surface area contributed by atoms with Crippen LogP contribution in [0.2, 0.25) is 0 Å². The third kappa shape index (κ3) is 3.48. The van der Waals surface area contributed by atoms with Crippen LogP contribution < -0.4 is 0 Å². The Labute approximate surface area is 155 Å². The zero-order valence-electron chi connectivity index (χ0n) is 15.8. The third-order valence-corrected chi connectivity index (χ3v) is 4.86. The molecule has 1 aromatic carbocycles. The Kier molecular flexibility index (Phi) is 6.83. The van der Waals surface area contributed by atoms with Gasteiger partial charge >= 0.3 is 0 Å². The van der Waals surface area contributed by atoms with Crippen molar-refractivity contribution in [1.29, 1.82) is 0 Å². The first-order chi connectivity index (χ1) is 10.3. The molecule has 2 nitrogen and oxygen atoms in total. The van der Waals surface area contributed by atoms with E-state index in [-0.39, 0.29) is 21.1 Å². The number of benzene rings is 1. The van der Waals surface area contributed by atoms with E-state index >= 15 is 0 Å². The van der Waals surface area contributed by atoms with Gasteiger partial charge in [0.15, 0.2) is 0 Å². The van der Waals surface area contributed by atoms with Gasteiger partial charge in [-0.15, -0.1) is 0 Å². The molecule has 0 spiro atoms. The molecule has 0 saturated heterocycles. The summed E-state index contributed by atoms with van der Waals surface area (Å²) in [4.78, 5) is 0. The molecule has 3 heteroatoms. The minimum absolute atomic E-state index is 0. The summed E-state index contributed by atoms with van der Waals surface area (Å²) in [5, 5.41) is 4.93. The van der Waals surface area contributed by atoms with Crippen LogP contribution in [0.15, 0.2) is 6.07 Å². The molecule has 0 aliphatic heterocycles. The van der Waals surface area contributed by atoms with E-state index in [1.165, 1.54) is 44.8 Å². The molecule has 0 bridgehead atoms. The van der Waals surface area contributed by atoms with Gasteiger partial charge in [0.1, 0.15) is 0 Å². The normalized spacial score (nSPS) is 11.0. The summed E-state index contributed by atoms with van der Waals surface area (Å²) in [5.74, 6) is 0. The van der Waals surface area contributed by atoms with Crippen molar-refractivity contribution in [2.45, 2.75) is 74.3 Å². The number of hydrogen-bond donors (Lipinski definition) is 0. The van der Waals surface area contributed by atoms with Crippen molar-refractivity contribution >= 4 is 0 Å². The van der Waals surface area contributed by atoms with Gasteiger partial charge in [0.25, 0.3) is 0 Å². The third-order valence-electron chi connectivity index (χ3n) is 4.86. The Morgan fingerprint density at radius 1 is 0.913 bits per heavy atom. The summed E-state index contributed by atoms with van der Waals surface area (Å²) < 4.78 is 2.23. The molecule has 0 radical (unpaired) electrons. The van der Waals surface area contributed by atoms with Crippen LogP contribution in [0.25, 0.3) is 11.1 Å². The van der Waals surface area contributed by atoms with Gasteiger partial charge in [-0.25, -0.2) is 0 Å². The smallest absolute Gasteiger partial charge is 0.0703 e. The topological polar surface area (TPSA) is 17.8 Å². The predicted octanol–water partition coefficient (Wildman–Crippen LogP) is 5.49. The van der Waals surface area contributed by atoms with Gasteiger partial charge in [-0.2, -0.15) is 5.10 Å². The largest absolute Gasteiger partial charge is 0.266 e. The fourth-order valence-corrected chi connectivity index (χ4v) is 3.42. The zero-order chi connectivity index (χ0) is 16.6. The Hall–Kier alpha value is -0.882. The van der Waals surface area contributed by atoms with Crippen molar-refractivity contribution < 1.29 is 21.1 Å². The van der Waals surface area contributed by atoms with E-state index in [1.54, 1.807) is 0 Å². The van der Waals surface area contributed by atoms with E-state index in [4.69, 9.17) is 5.10 Å². The van der Waals surface area contributed by atoms with E-state index in [1.807, 2.05) is 0 Å². The standard InChI is InChI=1S/C20H30N2.Pt/c1-9-17-20(18(10-2)22(21-17)12(3)4)19-15(7)13(5)11-14(6)16(19)8;/h11-12H,9-10H2,1-8H3;. The summed E-state index contributed by atoms with van der Waals surface area (Å²) in [7, 11) is 0. The fraction of sp³-hybridized carbons (Fsp3) is 0.550. The van der Waals surface area contributed by atoms with Crippen LogP contribution in [0.5, 0.6) is 0 Å². The molecule has 23 heavy (non-hydrogen) atoms. The fourth-order valence-electron chi connectivity index (χ4n) is 3.42. The molecule has 0 aliphatic carbocycles. The van der Waals surface area contributed by atoms with E-state index in [0.29, 0.717) is 6.04 Å². The molecule has 2 rings (SSSR count). The Balaban J connectivity index is 0.00000264. The van der Waals surface area contributed by atoms with Gasteiger partial charge in [0.05, 0.1) is 5.69 Å². The summed E-state index contributed by atoms with van der Waals surface area (Å²) in [5.41, 5.74) is 11.0. The second-order valence-electron chi connectivity index (χ2n) is 6.65. The van der Waals surface area contributed by atoms with Gasteiger partial charge in [0.2, 0.25) is 0 Å². The Morgan fingerprint density at radius 3 is 1.83 bits per heavy atom. The number of hydrogen-bond acceptors (Lipinski definition) is 1. The van der Waals surface area contributed by atoms with Crippen LogP contribution in [0.1, 0.15) is 67.4 Å². The monoisotopic (exact) mass is 493 g/mol. The average molecular weight is 494 g/mol. The van der Waals surface area contributed by atoms with Crippen molar-refractivity contribution in [2.75, 3.05) is 0 Å². The van der Waals surface area contributed by atoms with Crippen LogP contribution in [0.4, 0.5) is 0 Å². The number of rotatable bonds is 4. The molecule has 0 amide bonds. The average Bonchev–Trinajstić information content (AvgIpc) is 2.84. The molecule has 0 atom stereocenters. The maximum atomic E-state index is 4.93. The van der Waals surface area contributed by atoms with Crippen LogP contribution in [0.3, 0.4) is 0 Å². The molecule has 1 heterocycles. The molecule has 0 saturated carbocycles. The van der Waals surface area contributed by atoms with E-state index < -0.39 is 0 Å². The summed E-state index contributed by atoms with van der Waals surface area (Å²) in [6.45, 7) is 17.8. The summed E-state index contributed by atoms with van der Waals surface area (Å²) in [6, 6.07) is 2.71. The molecular weight excluding hydrogens is 463 g/mol. The first-order valence-electron chi connectivity index (χ1n) is 8.51. The predicted molar refractivity (Wildman–Crippen MR) is 95.8 cm³/mol. The maximum absolute atomic E-state index is 4.93. The minimum atomic E-state index is 0. The quantitative estimate of drug-likeness (QED) is 0.551. The molecular formula is C20H30N2Pt. The van der Waals surface area contributed by atoms with E-state index in [2.05, 4.69) is 66.1 Å². The van der Waals surface area contributed by atoms with E-state index in [0.717, 1.165) is 12.8 Å². The number of aromatic nitrogens is 2. The maximum Gasteiger partial charge on any atom is 0.0703 e. The molecule has 130 valence electrons. The Morgan fingerprint density at radius 2 is 1.43 bits per heavy atom. The molecule has 1 aromatic heterocycles. The van der Waals surface area contributed by atoms with Crippen LogP contribution in [-0.2, 0) is 33.9 Å². The van der Waals surface area contributed by atoms with Gasteiger partial charge in [0, 0.05) is 38.4 Å². The van der Waals surface area contributed by atoms with Crippen molar-refractivity contribution in [3.05, 3.63) is 39.7 Å². The first kappa shape index (κ1) is 20.2.